The molecule has 288 valence electrons. The van der Waals surface area contributed by atoms with Gasteiger partial charge in [-0.05, 0) is 27.7 Å². The standard InChI is InChI=1S/C32H47NO18/c1-14(34)33-22-19(43-16(3)36)11-32(29(39)40-10,50-25(22)23(45-18(5)38)20(44-17(4)37)12-41-15(2)35)42-13-21-24-26(48-30(6,7)47-24)27-28(46-21)51-31(8,9)49-27/h19-28H,11-13H2,1-10H3,(H,33,34)/t19-,20+,21+,22+,23-,24-,25+,26-,27+,28+,32+/m0/s1. The van der Waals surface area contributed by atoms with Crippen molar-refractivity contribution in [2.24, 2.45) is 0 Å². The monoisotopic (exact) mass is 733 g/mol. The summed E-state index contributed by atoms with van der Waals surface area (Å²) in [6.45, 7) is 11.2. The normalized spacial score (nSPS) is 34.5. The molecule has 0 unspecified atom stereocenters. The zero-order valence-corrected chi connectivity index (χ0v) is 30.2. The van der Waals surface area contributed by atoms with Crippen LogP contribution in [0.3, 0.4) is 0 Å². The lowest BCUT2D eigenvalue weighted by Gasteiger charge is -2.49. The molecule has 0 aromatic carbocycles. The van der Waals surface area contributed by atoms with Crippen molar-refractivity contribution in [3.63, 3.8) is 0 Å². The van der Waals surface area contributed by atoms with Crippen molar-refractivity contribution < 1.29 is 85.6 Å². The lowest BCUT2D eigenvalue weighted by Crippen LogP contribution is -2.69. The number of esters is 5. The molecule has 4 fully saturated rings. The Hall–Kier alpha value is -3.46. The van der Waals surface area contributed by atoms with Crippen LogP contribution in [0.25, 0.3) is 0 Å². The number of amides is 1. The Labute approximate surface area is 294 Å². The third kappa shape index (κ3) is 9.70. The third-order valence-electron chi connectivity index (χ3n) is 8.23. The summed E-state index contributed by atoms with van der Waals surface area (Å²) in [5, 5.41) is 2.61. The Kier molecular flexibility index (Phi) is 12.4. The molecule has 0 bridgehead atoms. The van der Waals surface area contributed by atoms with Crippen LogP contribution in [0.15, 0.2) is 0 Å². The zero-order chi connectivity index (χ0) is 38.1. The van der Waals surface area contributed by atoms with E-state index in [2.05, 4.69) is 5.32 Å². The molecule has 4 saturated heterocycles. The van der Waals surface area contributed by atoms with E-state index in [0.717, 1.165) is 41.7 Å². The first-order chi connectivity index (χ1) is 23.7. The van der Waals surface area contributed by atoms with E-state index in [1.807, 2.05) is 0 Å². The highest BCUT2D eigenvalue weighted by atomic mass is 16.9. The van der Waals surface area contributed by atoms with Crippen molar-refractivity contribution in [2.75, 3.05) is 20.3 Å². The van der Waals surface area contributed by atoms with Gasteiger partial charge in [0, 0.05) is 34.6 Å². The maximum Gasteiger partial charge on any atom is 0.366 e. The van der Waals surface area contributed by atoms with Crippen molar-refractivity contribution >= 4 is 35.8 Å². The van der Waals surface area contributed by atoms with Gasteiger partial charge in [0.25, 0.3) is 5.79 Å². The van der Waals surface area contributed by atoms with Crippen LogP contribution in [0.2, 0.25) is 0 Å². The van der Waals surface area contributed by atoms with Gasteiger partial charge in [0.15, 0.2) is 30.1 Å². The van der Waals surface area contributed by atoms with E-state index in [0.29, 0.717) is 0 Å². The molecule has 19 nitrogen and oxygen atoms in total. The van der Waals surface area contributed by atoms with Gasteiger partial charge in [-0.25, -0.2) is 4.79 Å². The van der Waals surface area contributed by atoms with E-state index < -0.39 is 134 Å². The fourth-order valence-corrected chi connectivity index (χ4v) is 6.59. The van der Waals surface area contributed by atoms with Crippen molar-refractivity contribution in [2.45, 2.75) is 147 Å². The van der Waals surface area contributed by atoms with Gasteiger partial charge in [-0.15, -0.1) is 0 Å². The highest BCUT2D eigenvalue weighted by Gasteiger charge is 2.63. The van der Waals surface area contributed by atoms with Gasteiger partial charge in [-0.1, -0.05) is 0 Å². The molecule has 4 aliphatic heterocycles. The number of fused-ring (bicyclic) bond motifs is 3. The van der Waals surface area contributed by atoms with Gasteiger partial charge in [0.1, 0.15) is 43.2 Å². The Morgan fingerprint density at radius 3 is 1.94 bits per heavy atom. The number of ether oxygens (including phenoxy) is 12. The number of nitrogens with one attached hydrogen (secondary N) is 1. The second-order valence-electron chi connectivity index (χ2n) is 13.4. The summed E-state index contributed by atoms with van der Waals surface area (Å²) < 4.78 is 69.9. The van der Waals surface area contributed by atoms with Gasteiger partial charge in [0.2, 0.25) is 5.91 Å². The Bertz CT molecular complexity index is 1350. The number of hydrogen-bond donors (Lipinski definition) is 1. The Morgan fingerprint density at radius 2 is 1.37 bits per heavy atom. The summed E-state index contributed by atoms with van der Waals surface area (Å²) in [4.78, 5) is 75.2. The minimum absolute atomic E-state index is 0.438. The molecule has 4 rings (SSSR count). The minimum atomic E-state index is -2.45. The van der Waals surface area contributed by atoms with Gasteiger partial charge in [-0.3, -0.25) is 24.0 Å². The lowest BCUT2D eigenvalue weighted by atomic mass is 9.88. The van der Waals surface area contributed by atoms with E-state index in [4.69, 9.17) is 56.8 Å². The van der Waals surface area contributed by atoms with Crippen LogP contribution in [-0.4, -0.2) is 135 Å². The molecule has 11 atom stereocenters. The zero-order valence-electron chi connectivity index (χ0n) is 30.2. The predicted molar refractivity (Wildman–Crippen MR) is 164 cm³/mol. The molecular weight excluding hydrogens is 686 g/mol. The first-order valence-corrected chi connectivity index (χ1v) is 16.3. The summed E-state index contributed by atoms with van der Waals surface area (Å²) in [7, 11) is 1.05. The molecule has 0 aliphatic carbocycles. The molecule has 1 N–H and O–H groups in total. The average Bonchev–Trinajstić information content (AvgIpc) is 3.50. The molecule has 4 heterocycles. The highest BCUT2D eigenvalue weighted by Crippen LogP contribution is 2.45. The molecular formula is C32H47NO18. The fourth-order valence-electron chi connectivity index (χ4n) is 6.59. The smallest absolute Gasteiger partial charge is 0.366 e. The molecule has 0 aromatic heterocycles. The van der Waals surface area contributed by atoms with Crippen LogP contribution in [-0.2, 0) is 85.6 Å². The van der Waals surface area contributed by atoms with E-state index in [1.54, 1.807) is 27.7 Å². The highest BCUT2D eigenvalue weighted by molar-refractivity contribution is 5.79. The number of methoxy groups -OCH3 is 1. The van der Waals surface area contributed by atoms with Crippen LogP contribution in [0, 0.1) is 0 Å². The maximum atomic E-state index is 13.8. The van der Waals surface area contributed by atoms with Gasteiger partial charge < -0.3 is 62.2 Å². The summed E-state index contributed by atoms with van der Waals surface area (Å²) in [5.41, 5.74) is 0. The topological polar surface area (TPSA) is 225 Å². The van der Waals surface area contributed by atoms with Crippen LogP contribution in [0.5, 0.6) is 0 Å². The second kappa shape index (κ2) is 15.6. The molecule has 0 radical (unpaired) electrons. The molecule has 0 saturated carbocycles. The molecule has 4 aliphatic rings. The first kappa shape index (κ1) is 40.3. The van der Waals surface area contributed by atoms with Crippen molar-refractivity contribution in [3.8, 4) is 0 Å². The van der Waals surface area contributed by atoms with Crippen molar-refractivity contribution in [3.05, 3.63) is 0 Å². The molecule has 19 heteroatoms. The van der Waals surface area contributed by atoms with E-state index in [1.165, 1.54) is 0 Å². The fraction of sp³-hybridized carbons (Fsp3) is 0.812. The van der Waals surface area contributed by atoms with Crippen LogP contribution >= 0.6 is 0 Å². The number of carbonyl (C=O) groups is 6. The Balaban J connectivity index is 1.77. The number of rotatable bonds is 12. The summed E-state index contributed by atoms with van der Waals surface area (Å²) in [6, 6.07) is -1.36. The van der Waals surface area contributed by atoms with Gasteiger partial charge in [0.05, 0.1) is 26.2 Å². The van der Waals surface area contributed by atoms with E-state index in [9.17, 15) is 28.8 Å². The second-order valence-corrected chi connectivity index (χ2v) is 13.4. The lowest BCUT2D eigenvalue weighted by molar-refractivity contribution is -0.327. The summed E-state index contributed by atoms with van der Waals surface area (Å²) >= 11 is 0. The number of carbonyl (C=O) groups excluding carboxylic acids is 6. The molecule has 51 heavy (non-hydrogen) atoms. The minimum Gasteiger partial charge on any atom is -0.465 e. The molecule has 0 aromatic rings. The largest absolute Gasteiger partial charge is 0.465 e. The maximum absolute atomic E-state index is 13.8. The Morgan fingerprint density at radius 1 is 0.765 bits per heavy atom. The van der Waals surface area contributed by atoms with Crippen molar-refractivity contribution in [1.82, 2.24) is 5.32 Å². The van der Waals surface area contributed by atoms with Crippen LogP contribution in [0.1, 0.15) is 68.7 Å². The van der Waals surface area contributed by atoms with Gasteiger partial charge >= 0.3 is 29.8 Å². The summed E-state index contributed by atoms with van der Waals surface area (Å²) in [5.74, 6) is -9.66. The van der Waals surface area contributed by atoms with E-state index >= 15 is 0 Å². The summed E-state index contributed by atoms with van der Waals surface area (Å²) in [6.07, 6.45) is -10.9. The van der Waals surface area contributed by atoms with Crippen molar-refractivity contribution in [1.29, 1.82) is 0 Å². The molecule has 0 spiro atoms. The third-order valence-corrected chi connectivity index (χ3v) is 8.23. The SMILES string of the molecule is COC(=O)[C@@]1(OC[C@H]2O[C@@H]3OC(C)(C)O[C@@H]3[C@H]3OC(C)(C)O[C@H]32)C[C@H](OC(C)=O)[C@@H](NC(C)=O)[C@H]([C@@H](OC(C)=O)[C@@H](COC(C)=O)OC(C)=O)O1. The molecule has 1 amide bonds. The van der Waals surface area contributed by atoms with Crippen LogP contribution < -0.4 is 5.32 Å². The quantitative estimate of drug-likeness (QED) is 0.204. The first-order valence-electron chi connectivity index (χ1n) is 16.3. The number of hydrogen-bond acceptors (Lipinski definition) is 18. The van der Waals surface area contributed by atoms with Crippen LogP contribution in [0.4, 0.5) is 0 Å². The average molecular weight is 734 g/mol. The van der Waals surface area contributed by atoms with Gasteiger partial charge in [-0.2, -0.15) is 0 Å². The van der Waals surface area contributed by atoms with E-state index in [-0.39, 0.29) is 0 Å². The predicted octanol–water partition coefficient (Wildman–Crippen LogP) is -0.0794.